The van der Waals surface area contributed by atoms with E-state index < -0.39 is 0 Å². The zero-order valence-corrected chi connectivity index (χ0v) is 11.5. The number of hydrogen-bond donors (Lipinski definition) is 2. The Bertz CT molecular complexity index is 569. The topological polar surface area (TPSA) is 68.0 Å². The molecule has 0 saturated heterocycles. The fraction of sp³-hybridized carbons (Fsp3) is 0.250. The van der Waals surface area contributed by atoms with E-state index in [1.165, 1.54) is 5.56 Å². The third-order valence-corrected chi connectivity index (χ3v) is 3.31. The molecule has 1 heterocycles. The van der Waals surface area contributed by atoms with E-state index in [0.29, 0.717) is 18.0 Å². The molecule has 1 aromatic carbocycles. The molecule has 0 aliphatic heterocycles. The number of anilines is 1. The van der Waals surface area contributed by atoms with Gasteiger partial charge in [-0.25, -0.2) is 4.98 Å². The highest BCUT2D eigenvalue weighted by atomic mass is 16.1. The van der Waals surface area contributed by atoms with Crippen molar-refractivity contribution in [2.24, 2.45) is 0 Å². The summed E-state index contributed by atoms with van der Waals surface area (Å²) in [5.41, 5.74) is 7.38. The molecule has 0 spiro atoms. The summed E-state index contributed by atoms with van der Waals surface area (Å²) in [5.74, 6) is 0.500. The second-order valence-electron chi connectivity index (χ2n) is 4.79. The molecule has 4 nitrogen and oxygen atoms in total. The van der Waals surface area contributed by atoms with Crippen molar-refractivity contribution in [3.05, 3.63) is 59.8 Å². The van der Waals surface area contributed by atoms with Gasteiger partial charge in [0.05, 0.1) is 5.56 Å². The highest BCUT2D eigenvalue weighted by molar-refractivity contribution is 5.98. The molecule has 104 valence electrons. The van der Waals surface area contributed by atoms with E-state index in [2.05, 4.69) is 29.4 Å². The zero-order chi connectivity index (χ0) is 14.4. The first-order chi connectivity index (χ1) is 9.68. The van der Waals surface area contributed by atoms with Crippen LogP contribution in [0.25, 0.3) is 0 Å². The normalized spacial score (nSPS) is 11.8. The van der Waals surface area contributed by atoms with Gasteiger partial charge in [0.25, 0.3) is 5.91 Å². The lowest BCUT2D eigenvalue weighted by atomic mass is 9.98. The molecule has 0 aliphatic rings. The lowest BCUT2D eigenvalue weighted by Crippen LogP contribution is -2.26. The molecule has 2 rings (SSSR count). The minimum Gasteiger partial charge on any atom is -0.383 e. The Morgan fingerprint density at radius 3 is 2.70 bits per heavy atom. The fourth-order valence-electron chi connectivity index (χ4n) is 2.06. The maximum Gasteiger partial charge on any atom is 0.255 e. The number of nitrogen functional groups attached to an aromatic ring is 1. The number of carbonyl (C=O) groups excluding carboxylic acids is 1. The first kappa shape index (κ1) is 14.1. The van der Waals surface area contributed by atoms with Crippen LogP contribution in [0.5, 0.6) is 0 Å². The van der Waals surface area contributed by atoms with Gasteiger partial charge in [-0.05, 0) is 30.0 Å². The average Bonchev–Trinajstić information content (AvgIpc) is 2.48. The van der Waals surface area contributed by atoms with Crippen LogP contribution in [0, 0.1) is 0 Å². The Morgan fingerprint density at radius 2 is 2.00 bits per heavy atom. The largest absolute Gasteiger partial charge is 0.383 e. The molecule has 20 heavy (non-hydrogen) atoms. The average molecular weight is 269 g/mol. The lowest BCUT2D eigenvalue weighted by molar-refractivity contribution is 0.0953. The number of amides is 1. The van der Waals surface area contributed by atoms with Crippen molar-refractivity contribution in [1.82, 2.24) is 10.3 Å². The van der Waals surface area contributed by atoms with Crippen molar-refractivity contribution in [3.8, 4) is 0 Å². The number of pyridine rings is 1. The van der Waals surface area contributed by atoms with Gasteiger partial charge in [0.2, 0.25) is 0 Å². The second-order valence-corrected chi connectivity index (χ2v) is 4.79. The zero-order valence-electron chi connectivity index (χ0n) is 11.5. The van der Waals surface area contributed by atoms with Gasteiger partial charge >= 0.3 is 0 Å². The van der Waals surface area contributed by atoms with Crippen LogP contribution in [0.2, 0.25) is 0 Å². The molecule has 0 radical (unpaired) electrons. The number of rotatable bonds is 5. The number of benzene rings is 1. The Balaban J connectivity index is 1.84. The van der Waals surface area contributed by atoms with E-state index >= 15 is 0 Å². The van der Waals surface area contributed by atoms with Gasteiger partial charge in [0.15, 0.2) is 0 Å². The van der Waals surface area contributed by atoms with Gasteiger partial charge in [-0.1, -0.05) is 37.3 Å². The van der Waals surface area contributed by atoms with E-state index in [1.54, 1.807) is 18.3 Å². The molecule has 4 heteroatoms. The van der Waals surface area contributed by atoms with Crippen molar-refractivity contribution in [1.29, 1.82) is 0 Å². The van der Waals surface area contributed by atoms with Crippen molar-refractivity contribution >= 4 is 11.7 Å². The van der Waals surface area contributed by atoms with Crippen molar-refractivity contribution in [2.45, 2.75) is 19.3 Å². The van der Waals surface area contributed by atoms with Gasteiger partial charge in [-0.2, -0.15) is 0 Å². The van der Waals surface area contributed by atoms with Crippen LogP contribution in [0.1, 0.15) is 35.2 Å². The first-order valence-electron chi connectivity index (χ1n) is 6.72. The summed E-state index contributed by atoms with van der Waals surface area (Å²) in [6.45, 7) is 2.77. The van der Waals surface area contributed by atoms with E-state index in [-0.39, 0.29) is 11.7 Å². The van der Waals surface area contributed by atoms with Crippen molar-refractivity contribution < 1.29 is 4.79 Å². The predicted molar refractivity (Wildman–Crippen MR) is 80.5 cm³/mol. The molecule has 1 amide bonds. The Kier molecular flexibility index (Phi) is 4.71. The summed E-state index contributed by atoms with van der Waals surface area (Å²) in [5, 5.41) is 2.88. The Hall–Kier alpha value is -2.36. The van der Waals surface area contributed by atoms with Gasteiger partial charge in [-0.3, -0.25) is 4.79 Å². The quantitative estimate of drug-likeness (QED) is 0.876. The van der Waals surface area contributed by atoms with E-state index in [1.807, 2.05) is 18.2 Å². The van der Waals surface area contributed by atoms with Crippen LogP contribution >= 0.6 is 0 Å². The Morgan fingerprint density at radius 1 is 1.25 bits per heavy atom. The third kappa shape index (κ3) is 3.57. The SMILES string of the molecule is CC(CCNC(=O)c1cccnc1N)c1ccccc1. The van der Waals surface area contributed by atoms with Crippen molar-refractivity contribution in [3.63, 3.8) is 0 Å². The minimum atomic E-state index is -0.170. The Labute approximate surface area is 119 Å². The molecule has 3 N–H and O–H groups in total. The summed E-state index contributed by atoms with van der Waals surface area (Å²) in [7, 11) is 0. The predicted octanol–water partition coefficient (Wildman–Crippen LogP) is 2.59. The van der Waals surface area contributed by atoms with Crippen LogP contribution in [0.4, 0.5) is 5.82 Å². The molecule has 1 atom stereocenters. The van der Waals surface area contributed by atoms with Crippen LogP contribution in [0.15, 0.2) is 48.7 Å². The second kappa shape index (κ2) is 6.70. The summed E-state index contributed by atoms with van der Waals surface area (Å²) in [4.78, 5) is 15.9. The monoisotopic (exact) mass is 269 g/mol. The number of carbonyl (C=O) groups is 1. The van der Waals surface area contributed by atoms with Crippen LogP contribution in [-0.4, -0.2) is 17.4 Å². The van der Waals surface area contributed by atoms with Gasteiger partial charge in [0.1, 0.15) is 5.82 Å². The molecule has 0 saturated carbocycles. The summed E-state index contributed by atoms with van der Waals surface area (Å²) < 4.78 is 0. The number of nitrogens with one attached hydrogen (secondary N) is 1. The number of nitrogens with two attached hydrogens (primary N) is 1. The summed E-state index contributed by atoms with van der Waals surface area (Å²) >= 11 is 0. The van der Waals surface area contributed by atoms with Crippen LogP contribution in [-0.2, 0) is 0 Å². The highest BCUT2D eigenvalue weighted by Crippen LogP contribution is 2.17. The van der Waals surface area contributed by atoms with Gasteiger partial charge in [0, 0.05) is 12.7 Å². The fourth-order valence-corrected chi connectivity index (χ4v) is 2.06. The molecule has 0 fully saturated rings. The standard InChI is InChI=1S/C16H19N3O/c1-12(13-6-3-2-4-7-13)9-11-19-16(20)14-8-5-10-18-15(14)17/h2-8,10,12H,9,11H2,1H3,(H2,17,18)(H,19,20). The third-order valence-electron chi connectivity index (χ3n) is 3.31. The smallest absolute Gasteiger partial charge is 0.255 e. The summed E-state index contributed by atoms with van der Waals surface area (Å²) in [6.07, 6.45) is 2.46. The molecule has 0 aliphatic carbocycles. The van der Waals surface area contributed by atoms with Crippen molar-refractivity contribution in [2.75, 3.05) is 12.3 Å². The maximum atomic E-state index is 12.0. The van der Waals surface area contributed by atoms with E-state index in [4.69, 9.17) is 5.73 Å². The number of hydrogen-bond acceptors (Lipinski definition) is 3. The van der Waals surface area contributed by atoms with Crippen LogP contribution < -0.4 is 11.1 Å². The molecular weight excluding hydrogens is 250 g/mol. The summed E-state index contributed by atoms with van der Waals surface area (Å²) in [6, 6.07) is 13.7. The molecule has 0 bridgehead atoms. The lowest BCUT2D eigenvalue weighted by Gasteiger charge is -2.12. The maximum absolute atomic E-state index is 12.0. The molecule has 2 aromatic rings. The van der Waals surface area contributed by atoms with E-state index in [0.717, 1.165) is 6.42 Å². The molecular formula is C16H19N3O. The highest BCUT2D eigenvalue weighted by Gasteiger charge is 2.10. The number of nitrogens with zero attached hydrogens (tertiary/aromatic N) is 1. The molecule has 1 aromatic heterocycles. The van der Waals surface area contributed by atoms with Gasteiger partial charge < -0.3 is 11.1 Å². The first-order valence-corrected chi connectivity index (χ1v) is 6.72. The molecule has 1 unspecified atom stereocenters. The van der Waals surface area contributed by atoms with Crippen LogP contribution in [0.3, 0.4) is 0 Å². The minimum absolute atomic E-state index is 0.170. The van der Waals surface area contributed by atoms with Gasteiger partial charge in [-0.15, -0.1) is 0 Å². The van der Waals surface area contributed by atoms with E-state index in [9.17, 15) is 4.79 Å². The number of aromatic nitrogens is 1.